The smallest absolute Gasteiger partial charge is 0.272 e. The summed E-state index contributed by atoms with van der Waals surface area (Å²) >= 11 is 0. The molecular weight excluding hydrogens is 302 g/mol. The number of hydrogen-bond acceptors (Lipinski definition) is 5. The Labute approximate surface area is 130 Å². The highest BCUT2D eigenvalue weighted by molar-refractivity contribution is 6.08. The van der Waals surface area contributed by atoms with Crippen molar-refractivity contribution >= 4 is 23.4 Å². The van der Waals surface area contributed by atoms with Crippen molar-refractivity contribution in [2.75, 3.05) is 0 Å². The van der Waals surface area contributed by atoms with E-state index in [1.807, 2.05) is 12.2 Å². The van der Waals surface area contributed by atoms with Crippen molar-refractivity contribution in [1.82, 2.24) is 10.4 Å². The molecule has 1 heterocycles. The molecule has 118 valence electrons. The summed E-state index contributed by atoms with van der Waals surface area (Å²) in [5.41, 5.74) is 1.62. The highest BCUT2D eigenvalue weighted by Gasteiger charge is 2.48. The number of nitro benzene ring substituents is 1. The number of nitro groups is 1. The molecule has 0 saturated carbocycles. The van der Waals surface area contributed by atoms with E-state index in [-0.39, 0.29) is 11.3 Å². The molecule has 3 amide bonds. The number of amides is 3. The fraction of sp³-hybridized carbons (Fsp3) is 0.267. The van der Waals surface area contributed by atoms with Crippen molar-refractivity contribution in [3.63, 3.8) is 0 Å². The quantitative estimate of drug-likeness (QED) is 0.390. The summed E-state index contributed by atoms with van der Waals surface area (Å²) in [4.78, 5) is 47.0. The van der Waals surface area contributed by atoms with Gasteiger partial charge in [-0.3, -0.25) is 29.9 Å². The van der Waals surface area contributed by atoms with Gasteiger partial charge in [0.1, 0.15) is 5.56 Å². The van der Waals surface area contributed by atoms with E-state index in [2.05, 4.69) is 5.43 Å². The normalized spacial score (nSPS) is 22.9. The predicted molar refractivity (Wildman–Crippen MR) is 77.8 cm³/mol. The van der Waals surface area contributed by atoms with Gasteiger partial charge in [-0.2, -0.15) is 5.01 Å². The minimum absolute atomic E-state index is 0.203. The van der Waals surface area contributed by atoms with Crippen molar-refractivity contribution in [1.29, 1.82) is 0 Å². The van der Waals surface area contributed by atoms with Gasteiger partial charge in [0.15, 0.2) is 0 Å². The van der Waals surface area contributed by atoms with Crippen LogP contribution in [-0.2, 0) is 9.59 Å². The molecule has 1 aromatic carbocycles. The summed E-state index contributed by atoms with van der Waals surface area (Å²) in [5.74, 6) is -2.75. The second-order valence-electron chi connectivity index (χ2n) is 5.38. The summed E-state index contributed by atoms with van der Waals surface area (Å²) in [5, 5.41) is 11.7. The lowest BCUT2D eigenvalue weighted by molar-refractivity contribution is -0.385. The van der Waals surface area contributed by atoms with Crippen LogP contribution in [-0.4, -0.2) is 27.7 Å². The SMILES string of the molecule is O=C(NN1C(=O)[C@H]2CC=CC[C@H]2C1=O)c1ccccc1[N+](=O)[O-]. The van der Waals surface area contributed by atoms with Gasteiger partial charge < -0.3 is 0 Å². The minimum atomic E-state index is -0.856. The summed E-state index contributed by atoms with van der Waals surface area (Å²) in [6, 6.07) is 5.36. The maximum absolute atomic E-state index is 12.3. The van der Waals surface area contributed by atoms with Crippen LogP contribution in [0.4, 0.5) is 5.69 Å². The van der Waals surface area contributed by atoms with E-state index in [0.717, 1.165) is 0 Å². The number of nitrogens with one attached hydrogen (secondary N) is 1. The number of benzene rings is 1. The van der Waals surface area contributed by atoms with Crippen molar-refractivity contribution in [3.05, 3.63) is 52.1 Å². The highest BCUT2D eigenvalue weighted by Crippen LogP contribution is 2.34. The Morgan fingerprint density at radius 1 is 1.13 bits per heavy atom. The zero-order valence-corrected chi connectivity index (χ0v) is 12.0. The van der Waals surface area contributed by atoms with Crippen LogP contribution in [0.15, 0.2) is 36.4 Å². The monoisotopic (exact) mass is 315 g/mol. The molecule has 2 aliphatic rings. The molecule has 1 aromatic rings. The number of rotatable bonds is 3. The fourth-order valence-corrected chi connectivity index (χ4v) is 2.90. The number of allylic oxidation sites excluding steroid dienone is 2. The zero-order chi connectivity index (χ0) is 16.6. The first-order valence-corrected chi connectivity index (χ1v) is 7.08. The van der Waals surface area contributed by atoms with Gasteiger partial charge in [0.25, 0.3) is 23.4 Å². The van der Waals surface area contributed by atoms with Gasteiger partial charge in [0.2, 0.25) is 0 Å². The lowest BCUT2D eigenvalue weighted by Gasteiger charge is -2.15. The molecule has 0 unspecified atom stereocenters. The molecule has 23 heavy (non-hydrogen) atoms. The van der Waals surface area contributed by atoms with Crippen molar-refractivity contribution in [3.8, 4) is 0 Å². The van der Waals surface area contributed by atoms with E-state index in [4.69, 9.17) is 0 Å². The van der Waals surface area contributed by atoms with Crippen LogP contribution in [0.5, 0.6) is 0 Å². The van der Waals surface area contributed by atoms with Gasteiger partial charge in [-0.1, -0.05) is 24.3 Å². The van der Waals surface area contributed by atoms with Gasteiger partial charge >= 0.3 is 0 Å². The predicted octanol–water partition coefficient (Wildman–Crippen LogP) is 1.19. The Morgan fingerprint density at radius 2 is 1.70 bits per heavy atom. The first kappa shape index (κ1) is 14.9. The van der Waals surface area contributed by atoms with E-state index in [0.29, 0.717) is 17.9 Å². The third kappa shape index (κ3) is 2.48. The first-order valence-electron chi connectivity index (χ1n) is 7.08. The summed E-state index contributed by atoms with van der Waals surface area (Å²) in [6.07, 6.45) is 4.57. The molecule has 1 fully saturated rings. The Morgan fingerprint density at radius 3 is 2.26 bits per heavy atom. The molecule has 1 N–H and O–H groups in total. The first-order chi connectivity index (χ1) is 11.0. The molecule has 3 rings (SSSR count). The average molecular weight is 315 g/mol. The second kappa shape index (κ2) is 5.64. The minimum Gasteiger partial charge on any atom is -0.272 e. The zero-order valence-electron chi connectivity index (χ0n) is 12.0. The van der Waals surface area contributed by atoms with Crippen LogP contribution in [0.25, 0.3) is 0 Å². The van der Waals surface area contributed by atoms with Gasteiger partial charge in [0, 0.05) is 6.07 Å². The molecule has 1 aliphatic heterocycles. The van der Waals surface area contributed by atoms with Gasteiger partial charge in [0.05, 0.1) is 16.8 Å². The molecule has 2 atom stereocenters. The van der Waals surface area contributed by atoms with Crippen LogP contribution in [0.2, 0.25) is 0 Å². The van der Waals surface area contributed by atoms with Gasteiger partial charge in [-0.05, 0) is 18.9 Å². The van der Waals surface area contributed by atoms with Crippen LogP contribution < -0.4 is 5.43 Å². The maximum Gasteiger partial charge on any atom is 0.282 e. The molecule has 0 spiro atoms. The number of carbonyl (C=O) groups is 3. The number of imide groups is 1. The molecular formula is C15H13N3O5. The molecule has 1 saturated heterocycles. The molecule has 0 radical (unpaired) electrons. The van der Waals surface area contributed by atoms with E-state index >= 15 is 0 Å². The van der Waals surface area contributed by atoms with Gasteiger partial charge in [-0.25, -0.2) is 0 Å². The topological polar surface area (TPSA) is 110 Å². The molecule has 0 bridgehead atoms. The number of carbonyl (C=O) groups excluding carboxylic acids is 3. The van der Waals surface area contributed by atoms with Crippen LogP contribution in [0.3, 0.4) is 0 Å². The van der Waals surface area contributed by atoms with Crippen LogP contribution in [0.1, 0.15) is 23.2 Å². The van der Waals surface area contributed by atoms with E-state index in [9.17, 15) is 24.5 Å². The third-order valence-electron chi connectivity index (χ3n) is 4.07. The van der Waals surface area contributed by atoms with E-state index in [1.165, 1.54) is 24.3 Å². The Bertz CT molecular complexity index is 716. The highest BCUT2D eigenvalue weighted by atomic mass is 16.6. The van der Waals surface area contributed by atoms with Crippen LogP contribution in [0, 0.1) is 22.0 Å². The third-order valence-corrected chi connectivity index (χ3v) is 4.07. The summed E-state index contributed by atoms with van der Waals surface area (Å²) < 4.78 is 0. The summed E-state index contributed by atoms with van der Waals surface area (Å²) in [7, 11) is 0. The second-order valence-corrected chi connectivity index (χ2v) is 5.38. The number of hydrogen-bond donors (Lipinski definition) is 1. The molecule has 1 aliphatic carbocycles. The van der Waals surface area contributed by atoms with Crippen molar-refractivity contribution in [2.45, 2.75) is 12.8 Å². The van der Waals surface area contributed by atoms with Gasteiger partial charge in [-0.15, -0.1) is 0 Å². The summed E-state index contributed by atoms with van der Waals surface area (Å²) in [6.45, 7) is 0. The molecule has 0 aromatic heterocycles. The lowest BCUT2D eigenvalue weighted by atomic mass is 9.85. The maximum atomic E-state index is 12.3. The van der Waals surface area contributed by atoms with Crippen molar-refractivity contribution < 1.29 is 19.3 Å². The Kier molecular flexibility index (Phi) is 3.65. The molecule has 8 heteroatoms. The average Bonchev–Trinajstić information content (AvgIpc) is 2.80. The fourth-order valence-electron chi connectivity index (χ4n) is 2.90. The Balaban J connectivity index is 1.83. The molecule has 8 nitrogen and oxygen atoms in total. The lowest BCUT2D eigenvalue weighted by Crippen LogP contribution is -2.46. The largest absolute Gasteiger partial charge is 0.282 e. The number of fused-ring (bicyclic) bond motifs is 1. The van der Waals surface area contributed by atoms with E-state index in [1.54, 1.807) is 0 Å². The van der Waals surface area contributed by atoms with Crippen LogP contribution >= 0.6 is 0 Å². The number of para-hydroxylation sites is 1. The van der Waals surface area contributed by atoms with E-state index < -0.39 is 34.5 Å². The standard InChI is InChI=1S/C15H13N3O5/c19-13(11-7-3-4-8-12(11)18(22)23)16-17-14(20)9-5-1-2-6-10(9)15(17)21/h1-4,7-10H,5-6H2,(H,16,19)/t9-,10+. The number of nitrogens with zero attached hydrogens (tertiary/aromatic N) is 2. The Hall–Kier alpha value is -3.03. The number of hydrazine groups is 1. The van der Waals surface area contributed by atoms with Crippen molar-refractivity contribution in [2.24, 2.45) is 11.8 Å².